The maximum atomic E-state index is 9.10. The van der Waals surface area contributed by atoms with Gasteiger partial charge in [-0.3, -0.25) is 0 Å². The lowest BCUT2D eigenvalue weighted by molar-refractivity contribution is -0.159. The predicted octanol–water partition coefficient (Wildman–Crippen LogP) is 2.07. The van der Waals surface area contributed by atoms with E-state index in [1.807, 2.05) is 0 Å². The van der Waals surface area contributed by atoms with Gasteiger partial charge in [0.1, 0.15) is 5.69 Å². The molecule has 9 heteroatoms. The summed E-state index contributed by atoms with van der Waals surface area (Å²) in [7, 11) is 0. The van der Waals surface area contributed by atoms with Crippen molar-refractivity contribution in [3.8, 4) is 5.88 Å². The van der Waals surface area contributed by atoms with Crippen molar-refractivity contribution in [1.82, 2.24) is 13.6 Å². The molecule has 0 saturated carbocycles. The van der Waals surface area contributed by atoms with Crippen LogP contribution in [0.25, 0.3) is 0 Å². The fourth-order valence-electron chi connectivity index (χ4n) is 3.31. The van der Waals surface area contributed by atoms with Crippen molar-refractivity contribution in [3.05, 3.63) is 5.69 Å². The Labute approximate surface area is 151 Å². The summed E-state index contributed by atoms with van der Waals surface area (Å²) in [5, 5.41) is 14.8. The first-order valence-electron chi connectivity index (χ1n) is 8.66. The van der Waals surface area contributed by atoms with Crippen molar-refractivity contribution in [2.45, 2.75) is 44.9 Å². The molecular weight excluding hydrogens is 346 g/mol. The number of carboxylic acids is 2. The summed E-state index contributed by atoms with van der Waals surface area (Å²) in [5.41, 5.74) is 1.14. The number of hydrogen-bond acceptors (Lipinski definition) is 7. The maximum Gasteiger partial charge on any atom is 0.414 e. The van der Waals surface area contributed by atoms with Crippen molar-refractivity contribution in [3.63, 3.8) is 0 Å². The topological polar surface area (TPSA) is 113 Å². The lowest BCUT2D eigenvalue weighted by Gasteiger charge is -2.44. The van der Waals surface area contributed by atoms with Crippen LogP contribution < -0.4 is 4.74 Å². The third-order valence-corrected chi connectivity index (χ3v) is 5.18. The zero-order valence-corrected chi connectivity index (χ0v) is 15.2. The van der Waals surface area contributed by atoms with Gasteiger partial charge in [0, 0.05) is 12.5 Å². The first-order valence-corrected chi connectivity index (χ1v) is 9.39. The summed E-state index contributed by atoms with van der Waals surface area (Å²) < 4.78 is 14.8. The van der Waals surface area contributed by atoms with Gasteiger partial charge >= 0.3 is 11.9 Å². The van der Waals surface area contributed by atoms with Gasteiger partial charge in [-0.15, -0.1) is 4.37 Å². The molecule has 8 nitrogen and oxygen atoms in total. The molecule has 0 aliphatic carbocycles. The lowest BCUT2D eigenvalue weighted by Crippen LogP contribution is -2.46. The molecule has 3 saturated heterocycles. The van der Waals surface area contributed by atoms with Gasteiger partial charge in [0.05, 0.1) is 18.3 Å². The van der Waals surface area contributed by atoms with Crippen molar-refractivity contribution >= 4 is 23.7 Å². The molecule has 0 amide bonds. The highest BCUT2D eigenvalue weighted by Crippen LogP contribution is 2.41. The van der Waals surface area contributed by atoms with E-state index in [4.69, 9.17) is 24.5 Å². The van der Waals surface area contributed by atoms with Crippen LogP contribution in [0.15, 0.2) is 0 Å². The minimum absolute atomic E-state index is 0.558. The number of carbonyl (C=O) groups is 2. The van der Waals surface area contributed by atoms with Gasteiger partial charge < -0.3 is 19.8 Å². The van der Waals surface area contributed by atoms with Crippen LogP contribution >= 0.6 is 11.7 Å². The SMILES string of the molecule is CCCCCOc1nsnc1C1CN2CCC1CC2.O=C(O)C(=O)O. The van der Waals surface area contributed by atoms with Crippen molar-refractivity contribution < 1.29 is 24.5 Å². The Bertz CT molecular complexity index is 560. The van der Waals surface area contributed by atoms with Gasteiger partial charge in [-0.25, -0.2) is 9.59 Å². The van der Waals surface area contributed by atoms with E-state index in [0.717, 1.165) is 37.1 Å². The highest BCUT2D eigenvalue weighted by molar-refractivity contribution is 6.99. The summed E-state index contributed by atoms with van der Waals surface area (Å²) in [6.45, 7) is 6.69. The van der Waals surface area contributed by atoms with Gasteiger partial charge in [0.25, 0.3) is 0 Å². The highest BCUT2D eigenvalue weighted by atomic mass is 32.1. The average molecular weight is 371 g/mol. The number of rotatable bonds is 6. The Kier molecular flexibility index (Phi) is 7.57. The van der Waals surface area contributed by atoms with Crippen molar-refractivity contribution in [2.24, 2.45) is 5.92 Å². The number of ether oxygens (including phenoxy) is 1. The molecule has 140 valence electrons. The van der Waals surface area contributed by atoms with Crippen molar-refractivity contribution in [1.29, 1.82) is 0 Å². The number of fused-ring (bicyclic) bond motifs is 3. The van der Waals surface area contributed by atoms with E-state index in [9.17, 15) is 0 Å². The van der Waals surface area contributed by atoms with Gasteiger partial charge in [-0.1, -0.05) is 19.8 Å². The van der Waals surface area contributed by atoms with E-state index in [-0.39, 0.29) is 0 Å². The molecular formula is C16H25N3O5S. The lowest BCUT2D eigenvalue weighted by atomic mass is 9.77. The molecule has 0 aromatic carbocycles. The van der Waals surface area contributed by atoms with E-state index < -0.39 is 11.9 Å². The Morgan fingerprint density at radius 2 is 1.88 bits per heavy atom. The molecule has 1 atom stereocenters. The zero-order chi connectivity index (χ0) is 18.2. The third kappa shape index (κ3) is 5.64. The molecule has 4 rings (SSSR count). The zero-order valence-electron chi connectivity index (χ0n) is 14.4. The second kappa shape index (κ2) is 9.67. The van der Waals surface area contributed by atoms with Crippen LogP contribution in [0, 0.1) is 5.92 Å². The second-order valence-electron chi connectivity index (χ2n) is 6.37. The summed E-state index contributed by atoms with van der Waals surface area (Å²) in [4.78, 5) is 20.8. The smallest absolute Gasteiger partial charge is 0.414 e. The number of nitrogens with zero attached hydrogens (tertiary/aromatic N) is 3. The maximum absolute atomic E-state index is 9.10. The van der Waals surface area contributed by atoms with E-state index >= 15 is 0 Å². The molecule has 1 aromatic rings. The van der Waals surface area contributed by atoms with Crippen LogP contribution in [-0.4, -0.2) is 62.0 Å². The number of unbranched alkanes of at least 4 members (excludes halogenated alkanes) is 2. The van der Waals surface area contributed by atoms with Crippen LogP contribution in [0.5, 0.6) is 5.88 Å². The van der Waals surface area contributed by atoms with Gasteiger partial charge in [-0.2, -0.15) is 4.37 Å². The van der Waals surface area contributed by atoms with E-state index in [1.165, 1.54) is 50.5 Å². The van der Waals surface area contributed by atoms with E-state index in [2.05, 4.69) is 20.6 Å². The number of piperidine rings is 3. The fraction of sp³-hybridized carbons (Fsp3) is 0.750. The largest absolute Gasteiger partial charge is 0.476 e. The van der Waals surface area contributed by atoms with Crippen LogP contribution in [0.2, 0.25) is 0 Å². The Morgan fingerprint density at radius 3 is 2.40 bits per heavy atom. The van der Waals surface area contributed by atoms with Crippen LogP contribution in [0.4, 0.5) is 0 Å². The highest BCUT2D eigenvalue weighted by Gasteiger charge is 2.38. The number of aromatic nitrogens is 2. The molecule has 2 bridgehead atoms. The van der Waals surface area contributed by atoms with Gasteiger partial charge in [0.2, 0.25) is 5.88 Å². The molecule has 0 radical (unpaired) electrons. The van der Waals surface area contributed by atoms with Gasteiger partial charge in [-0.05, 0) is 38.3 Å². The molecule has 1 unspecified atom stereocenters. The monoisotopic (exact) mass is 371 g/mol. The standard InChI is InChI=1S/C14H23N3OS.C2H2O4/c1-2-3-4-9-18-14-13(15-19-16-14)12-10-17-7-5-11(12)6-8-17;3-1(4)2(5)6/h11-12H,2-10H2,1H3;(H,3,4)(H,5,6). The van der Waals surface area contributed by atoms with E-state index in [0.29, 0.717) is 5.92 Å². The number of carboxylic acid groups (broad SMARTS) is 2. The first-order chi connectivity index (χ1) is 12.0. The minimum Gasteiger partial charge on any atom is -0.476 e. The third-order valence-electron chi connectivity index (χ3n) is 4.66. The predicted molar refractivity (Wildman–Crippen MR) is 92.1 cm³/mol. The quantitative estimate of drug-likeness (QED) is 0.577. The van der Waals surface area contributed by atoms with Gasteiger partial charge in [0.15, 0.2) is 0 Å². The molecule has 1 aromatic heterocycles. The molecule has 3 aliphatic rings. The number of aliphatic carboxylic acids is 2. The molecule has 3 aliphatic heterocycles. The summed E-state index contributed by atoms with van der Waals surface area (Å²) >= 11 is 1.31. The molecule has 2 N–H and O–H groups in total. The van der Waals surface area contributed by atoms with E-state index in [1.54, 1.807) is 0 Å². The summed E-state index contributed by atoms with van der Waals surface area (Å²) in [6, 6.07) is 0. The van der Waals surface area contributed by atoms with Crippen LogP contribution in [0.1, 0.15) is 50.6 Å². The summed E-state index contributed by atoms with van der Waals surface area (Å²) in [5.74, 6) is -1.47. The Balaban J connectivity index is 0.000000326. The Hall–Kier alpha value is -1.74. The Morgan fingerprint density at radius 1 is 1.20 bits per heavy atom. The van der Waals surface area contributed by atoms with Crippen molar-refractivity contribution in [2.75, 3.05) is 26.2 Å². The molecule has 0 spiro atoms. The minimum atomic E-state index is -1.82. The molecule has 25 heavy (non-hydrogen) atoms. The molecule has 4 heterocycles. The second-order valence-corrected chi connectivity index (χ2v) is 6.89. The molecule has 3 fully saturated rings. The average Bonchev–Trinajstić information content (AvgIpc) is 3.08. The fourth-order valence-corrected chi connectivity index (χ4v) is 3.87. The van der Waals surface area contributed by atoms with Crippen LogP contribution in [-0.2, 0) is 9.59 Å². The normalized spacial score (nSPS) is 24.3. The summed E-state index contributed by atoms with van der Waals surface area (Å²) in [6.07, 6.45) is 6.21. The van der Waals surface area contributed by atoms with Crippen LogP contribution in [0.3, 0.4) is 0 Å². The first kappa shape index (κ1) is 19.6. The number of hydrogen-bond donors (Lipinski definition) is 2.